The zero-order valence-corrected chi connectivity index (χ0v) is 16.5. The summed E-state index contributed by atoms with van der Waals surface area (Å²) < 4.78 is 6.26. The Bertz CT molecular complexity index is 1100. The van der Waals surface area contributed by atoms with Crippen molar-refractivity contribution in [2.24, 2.45) is 0 Å². The van der Waals surface area contributed by atoms with Gasteiger partial charge in [-0.25, -0.2) is 4.98 Å². The zero-order chi connectivity index (χ0) is 20.1. The molecule has 29 heavy (non-hydrogen) atoms. The van der Waals surface area contributed by atoms with Gasteiger partial charge in [-0.15, -0.1) is 11.3 Å². The Kier molecular flexibility index (Phi) is 5.77. The maximum atomic E-state index is 12.3. The molecule has 0 aliphatic carbocycles. The first-order valence-corrected chi connectivity index (χ1v) is 10.2. The van der Waals surface area contributed by atoms with Crippen LogP contribution in [-0.4, -0.2) is 23.3 Å². The van der Waals surface area contributed by atoms with Crippen LogP contribution in [0.3, 0.4) is 0 Å². The quantitative estimate of drug-likeness (QED) is 0.311. The molecule has 4 nitrogen and oxygen atoms in total. The van der Waals surface area contributed by atoms with Gasteiger partial charge in [0.1, 0.15) is 0 Å². The molecule has 3 aromatic carbocycles. The van der Waals surface area contributed by atoms with Gasteiger partial charge in [-0.05, 0) is 23.3 Å². The number of hydrogen-bond acceptors (Lipinski definition) is 5. The first-order valence-electron chi connectivity index (χ1n) is 9.38. The van der Waals surface area contributed by atoms with Crippen LogP contribution in [0.1, 0.15) is 21.8 Å². The van der Waals surface area contributed by atoms with Crippen LogP contribution < -0.4 is 0 Å². The molecule has 5 heteroatoms. The molecule has 1 heterocycles. The Morgan fingerprint density at radius 2 is 1.52 bits per heavy atom. The van der Waals surface area contributed by atoms with Crippen molar-refractivity contribution in [1.29, 1.82) is 0 Å². The predicted molar refractivity (Wildman–Crippen MR) is 115 cm³/mol. The van der Waals surface area contributed by atoms with Crippen molar-refractivity contribution in [2.45, 2.75) is 12.8 Å². The molecule has 4 aromatic rings. The van der Waals surface area contributed by atoms with Crippen molar-refractivity contribution in [2.75, 3.05) is 6.61 Å². The Balaban J connectivity index is 1.28. The normalized spacial score (nSPS) is 10.8. The molecular weight excluding hydrogens is 382 g/mol. The molecule has 0 amide bonds. The average Bonchev–Trinajstić information content (AvgIpc) is 3.20. The molecule has 0 bridgehead atoms. The number of aryl methyl sites for hydroxylation is 1. The first-order chi connectivity index (χ1) is 14.2. The number of Topliss-reactive ketones (excluding diaryl/α,β-unsaturated/α-hetero) is 1. The largest absolute Gasteiger partial charge is 0.457 e. The zero-order valence-electron chi connectivity index (χ0n) is 15.7. The van der Waals surface area contributed by atoms with Crippen molar-refractivity contribution in [1.82, 2.24) is 4.98 Å². The topological polar surface area (TPSA) is 56.3 Å². The molecule has 1 aromatic heterocycles. The maximum Gasteiger partial charge on any atom is 0.306 e. The lowest BCUT2D eigenvalue weighted by Crippen LogP contribution is -2.14. The van der Waals surface area contributed by atoms with Crippen molar-refractivity contribution in [3.8, 4) is 11.1 Å². The van der Waals surface area contributed by atoms with Crippen molar-refractivity contribution < 1.29 is 14.3 Å². The van der Waals surface area contributed by atoms with Gasteiger partial charge < -0.3 is 4.74 Å². The fourth-order valence-electron chi connectivity index (χ4n) is 3.02. The SMILES string of the molecule is O=C(CCc1nc2ccccc2s1)OCC(=O)c1ccc(-c2ccccc2)cc1. The van der Waals surface area contributed by atoms with E-state index in [1.54, 1.807) is 23.5 Å². The van der Waals surface area contributed by atoms with Gasteiger partial charge in [-0.2, -0.15) is 0 Å². The van der Waals surface area contributed by atoms with Gasteiger partial charge in [0.2, 0.25) is 0 Å². The van der Waals surface area contributed by atoms with Crippen LogP contribution in [0.4, 0.5) is 0 Å². The van der Waals surface area contributed by atoms with Crippen molar-refractivity contribution >= 4 is 33.3 Å². The molecular formula is C24H19NO3S. The minimum Gasteiger partial charge on any atom is -0.457 e. The number of ketones is 1. The van der Waals surface area contributed by atoms with E-state index in [4.69, 9.17) is 4.74 Å². The summed E-state index contributed by atoms with van der Waals surface area (Å²) in [5, 5.41) is 0.894. The number of benzene rings is 3. The summed E-state index contributed by atoms with van der Waals surface area (Å²) in [7, 11) is 0. The van der Waals surface area contributed by atoms with Crippen molar-refractivity contribution in [3.05, 3.63) is 89.4 Å². The Morgan fingerprint density at radius 3 is 2.28 bits per heavy atom. The van der Waals surface area contributed by atoms with E-state index in [0.717, 1.165) is 26.4 Å². The number of aromatic nitrogens is 1. The van der Waals surface area contributed by atoms with Gasteiger partial charge in [-0.3, -0.25) is 9.59 Å². The number of hydrogen-bond donors (Lipinski definition) is 0. The smallest absolute Gasteiger partial charge is 0.306 e. The molecule has 0 spiro atoms. The van der Waals surface area contributed by atoms with Gasteiger partial charge in [0.25, 0.3) is 0 Å². The van der Waals surface area contributed by atoms with E-state index in [0.29, 0.717) is 12.0 Å². The van der Waals surface area contributed by atoms with Crippen LogP contribution in [0.5, 0.6) is 0 Å². The van der Waals surface area contributed by atoms with E-state index < -0.39 is 5.97 Å². The highest BCUT2D eigenvalue weighted by Crippen LogP contribution is 2.22. The first kappa shape index (κ1) is 19.0. The average molecular weight is 401 g/mol. The molecule has 0 atom stereocenters. The molecule has 0 aliphatic heterocycles. The molecule has 0 saturated carbocycles. The summed E-state index contributed by atoms with van der Waals surface area (Å²) in [5.74, 6) is -0.600. The van der Waals surface area contributed by atoms with Gasteiger partial charge in [0.15, 0.2) is 12.4 Å². The fraction of sp³-hybridized carbons (Fsp3) is 0.125. The Labute approximate surface area is 172 Å². The molecule has 0 saturated heterocycles. The van der Waals surface area contributed by atoms with E-state index in [1.807, 2.05) is 66.7 Å². The minimum absolute atomic E-state index is 0.208. The van der Waals surface area contributed by atoms with Gasteiger partial charge in [0.05, 0.1) is 21.6 Å². The van der Waals surface area contributed by atoms with Gasteiger partial charge >= 0.3 is 5.97 Å². The number of para-hydroxylation sites is 1. The lowest BCUT2D eigenvalue weighted by atomic mass is 10.0. The monoisotopic (exact) mass is 401 g/mol. The van der Waals surface area contributed by atoms with Crippen LogP contribution in [0, 0.1) is 0 Å². The highest BCUT2D eigenvalue weighted by molar-refractivity contribution is 7.18. The number of nitrogens with zero attached hydrogens (tertiary/aromatic N) is 1. The molecule has 0 radical (unpaired) electrons. The summed E-state index contributed by atoms with van der Waals surface area (Å²) in [5.41, 5.74) is 3.60. The second kappa shape index (κ2) is 8.80. The Hall–Kier alpha value is -3.31. The van der Waals surface area contributed by atoms with E-state index in [2.05, 4.69) is 4.98 Å². The molecule has 4 rings (SSSR count). The number of fused-ring (bicyclic) bond motifs is 1. The molecule has 0 unspecified atom stereocenters. The lowest BCUT2D eigenvalue weighted by molar-refractivity contribution is -0.142. The lowest BCUT2D eigenvalue weighted by Gasteiger charge is -2.05. The number of carbonyl (C=O) groups excluding carboxylic acids is 2. The Morgan fingerprint density at radius 1 is 0.828 bits per heavy atom. The number of carbonyl (C=O) groups is 2. The van der Waals surface area contributed by atoms with Crippen molar-refractivity contribution in [3.63, 3.8) is 0 Å². The standard InChI is InChI=1S/C24H19NO3S/c26-21(19-12-10-18(11-13-19)17-6-2-1-3-7-17)16-28-24(27)15-14-23-25-20-8-4-5-9-22(20)29-23/h1-13H,14-16H2. The number of esters is 1. The maximum absolute atomic E-state index is 12.3. The number of ether oxygens (including phenoxy) is 1. The summed E-state index contributed by atoms with van der Waals surface area (Å²) in [6.45, 7) is -0.247. The fourth-order valence-corrected chi connectivity index (χ4v) is 3.98. The number of rotatable bonds is 7. The van der Waals surface area contributed by atoms with E-state index in [9.17, 15) is 9.59 Å². The summed E-state index contributed by atoms with van der Waals surface area (Å²) in [4.78, 5) is 28.8. The van der Waals surface area contributed by atoms with E-state index >= 15 is 0 Å². The molecule has 0 aliphatic rings. The van der Waals surface area contributed by atoms with Crippen LogP contribution in [-0.2, 0) is 16.0 Å². The van der Waals surface area contributed by atoms with E-state index in [-0.39, 0.29) is 18.8 Å². The van der Waals surface area contributed by atoms with Gasteiger partial charge in [0, 0.05) is 12.0 Å². The second-order valence-corrected chi connectivity index (χ2v) is 7.72. The van der Waals surface area contributed by atoms with Crippen LogP contribution in [0.25, 0.3) is 21.3 Å². The summed E-state index contributed by atoms with van der Waals surface area (Å²) >= 11 is 1.57. The molecule has 144 valence electrons. The number of thiazole rings is 1. The van der Waals surface area contributed by atoms with Gasteiger partial charge in [-0.1, -0.05) is 66.7 Å². The molecule has 0 N–H and O–H groups in total. The third-order valence-corrected chi connectivity index (χ3v) is 5.66. The highest BCUT2D eigenvalue weighted by Gasteiger charge is 2.12. The van der Waals surface area contributed by atoms with E-state index in [1.165, 1.54) is 0 Å². The van der Waals surface area contributed by atoms with Crippen LogP contribution in [0.15, 0.2) is 78.9 Å². The predicted octanol–water partition coefficient (Wildman–Crippen LogP) is 5.32. The minimum atomic E-state index is -0.390. The molecule has 0 fully saturated rings. The third-order valence-electron chi connectivity index (χ3n) is 4.56. The van der Waals surface area contributed by atoms with Crippen LogP contribution >= 0.6 is 11.3 Å². The summed E-state index contributed by atoms with van der Waals surface area (Å²) in [6, 6.07) is 25.2. The van der Waals surface area contributed by atoms with Crippen LogP contribution in [0.2, 0.25) is 0 Å². The third kappa shape index (κ3) is 4.76. The summed E-state index contributed by atoms with van der Waals surface area (Å²) in [6.07, 6.45) is 0.720. The second-order valence-electron chi connectivity index (χ2n) is 6.60. The highest BCUT2D eigenvalue weighted by atomic mass is 32.1.